The minimum absolute atomic E-state index is 0.000837. The van der Waals surface area contributed by atoms with Gasteiger partial charge >= 0.3 is 0 Å². The van der Waals surface area contributed by atoms with Crippen LogP contribution >= 0.6 is 0 Å². The monoisotopic (exact) mass is 443 g/mol. The average Bonchev–Trinajstić information content (AvgIpc) is 2.70. The first-order chi connectivity index (χ1) is 14.1. The molecule has 0 aliphatic carbocycles. The predicted molar refractivity (Wildman–Crippen MR) is 105 cm³/mol. The molecule has 0 saturated heterocycles. The number of carbonyl (C=O) groups is 1. The quantitative estimate of drug-likeness (QED) is 0.493. The second-order valence-electron chi connectivity index (χ2n) is 7.40. The molecular formula is C21H21F4NO3S. The lowest BCUT2D eigenvalue weighted by Gasteiger charge is -2.29. The number of anilines is 1. The lowest BCUT2D eigenvalue weighted by atomic mass is 9.99. The van der Waals surface area contributed by atoms with E-state index in [0.717, 1.165) is 18.9 Å². The largest absolute Gasteiger partial charge is 0.312 e. The zero-order chi connectivity index (χ0) is 22.2. The molecule has 162 valence electrons. The second kappa shape index (κ2) is 8.37. The van der Waals surface area contributed by atoms with Gasteiger partial charge in [0.15, 0.2) is 33.1 Å². The molecule has 0 fully saturated rings. The van der Waals surface area contributed by atoms with Crippen LogP contribution in [0.25, 0.3) is 0 Å². The van der Waals surface area contributed by atoms with Crippen LogP contribution in [-0.4, -0.2) is 20.9 Å². The molecule has 9 heteroatoms. The van der Waals surface area contributed by atoms with E-state index in [1.54, 1.807) is 17.0 Å². The summed E-state index contributed by atoms with van der Waals surface area (Å²) in [4.78, 5) is 13.8. The average molecular weight is 443 g/mol. The molecule has 3 rings (SSSR count). The van der Waals surface area contributed by atoms with Gasteiger partial charge in [-0.25, -0.2) is 26.0 Å². The highest BCUT2D eigenvalue weighted by Crippen LogP contribution is 2.30. The number of benzene rings is 2. The van der Waals surface area contributed by atoms with E-state index < -0.39 is 55.7 Å². The van der Waals surface area contributed by atoms with E-state index in [0.29, 0.717) is 30.6 Å². The molecule has 1 aliphatic rings. The van der Waals surface area contributed by atoms with Crippen molar-refractivity contribution < 1.29 is 30.8 Å². The van der Waals surface area contributed by atoms with Gasteiger partial charge in [0.2, 0.25) is 5.91 Å². The molecule has 2 aromatic carbocycles. The Labute approximate surface area is 172 Å². The molecule has 0 spiro atoms. The van der Waals surface area contributed by atoms with Crippen LogP contribution in [0, 0.1) is 30.2 Å². The number of sulfone groups is 1. The molecule has 0 N–H and O–H groups in total. The number of hydrogen-bond acceptors (Lipinski definition) is 3. The molecule has 0 radical (unpaired) electrons. The first-order valence-corrected chi connectivity index (χ1v) is 11.3. The van der Waals surface area contributed by atoms with Crippen LogP contribution in [0.5, 0.6) is 0 Å². The minimum Gasteiger partial charge on any atom is -0.312 e. The Bertz CT molecular complexity index is 1090. The molecule has 4 nitrogen and oxygen atoms in total. The van der Waals surface area contributed by atoms with Crippen LogP contribution in [-0.2, 0) is 32.6 Å². The van der Waals surface area contributed by atoms with Crippen LogP contribution in [0.2, 0.25) is 0 Å². The lowest BCUT2D eigenvalue weighted by Crippen LogP contribution is -2.35. The molecule has 1 aliphatic heterocycles. The number of rotatable bonds is 6. The maximum absolute atomic E-state index is 14.1. The van der Waals surface area contributed by atoms with E-state index in [4.69, 9.17) is 0 Å². The lowest BCUT2D eigenvalue weighted by molar-refractivity contribution is -0.118. The van der Waals surface area contributed by atoms with E-state index in [1.165, 1.54) is 6.07 Å². The smallest absolute Gasteiger partial charge is 0.227 e. The zero-order valence-corrected chi connectivity index (χ0v) is 17.4. The molecule has 1 amide bonds. The Kier molecular flexibility index (Phi) is 6.21. The van der Waals surface area contributed by atoms with Gasteiger partial charge in [-0.05, 0) is 37.0 Å². The standard InChI is InChI=1S/C21H21F4NO3S/c1-3-8-26-16-6-4-13(9-14(16)5-7-17(26)27)10-30(28,29)11-15-20(24)18(22)12(2)19(23)21(15)25/h4,6,9H,3,5,7-8,10-11H2,1-2H3. The highest BCUT2D eigenvalue weighted by Gasteiger charge is 2.28. The molecule has 0 atom stereocenters. The summed E-state index contributed by atoms with van der Waals surface area (Å²) in [6.07, 6.45) is 1.53. The van der Waals surface area contributed by atoms with E-state index >= 15 is 0 Å². The number of halogens is 4. The summed E-state index contributed by atoms with van der Waals surface area (Å²) in [5, 5.41) is 0. The summed E-state index contributed by atoms with van der Waals surface area (Å²) < 4.78 is 80.7. The van der Waals surface area contributed by atoms with E-state index in [-0.39, 0.29) is 5.91 Å². The zero-order valence-electron chi connectivity index (χ0n) is 16.6. The normalized spacial score (nSPS) is 14.2. The number of aryl methyl sites for hydroxylation is 1. The van der Waals surface area contributed by atoms with Gasteiger partial charge in [0, 0.05) is 29.8 Å². The third-order valence-corrected chi connectivity index (χ3v) is 6.62. The fourth-order valence-corrected chi connectivity index (χ4v) is 5.09. The Hall–Kier alpha value is -2.42. The van der Waals surface area contributed by atoms with Gasteiger partial charge in [-0.2, -0.15) is 0 Å². The van der Waals surface area contributed by atoms with E-state index in [2.05, 4.69) is 0 Å². The molecule has 2 aromatic rings. The van der Waals surface area contributed by atoms with Crippen LogP contribution in [0.15, 0.2) is 18.2 Å². The van der Waals surface area contributed by atoms with Gasteiger partial charge in [0.1, 0.15) is 0 Å². The van der Waals surface area contributed by atoms with Crippen molar-refractivity contribution in [2.45, 2.75) is 44.6 Å². The number of hydrogen-bond donors (Lipinski definition) is 0. The van der Waals surface area contributed by atoms with E-state index in [1.807, 2.05) is 6.92 Å². The van der Waals surface area contributed by atoms with E-state index in [9.17, 15) is 30.8 Å². The number of carbonyl (C=O) groups excluding carboxylic acids is 1. The Morgan fingerprint density at radius 3 is 2.20 bits per heavy atom. The molecule has 0 bridgehead atoms. The van der Waals surface area contributed by atoms with Crippen LogP contribution in [0.4, 0.5) is 23.2 Å². The summed E-state index contributed by atoms with van der Waals surface area (Å²) in [7, 11) is -4.13. The van der Waals surface area contributed by atoms with Gasteiger partial charge in [0.25, 0.3) is 0 Å². The van der Waals surface area contributed by atoms with Gasteiger partial charge in [-0.15, -0.1) is 0 Å². The van der Waals surface area contributed by atoms with Crippen molar-refractivity contribution in [3.63, 3.8) is 0 Å². The maximum atomic E-state index is 14.1. The molecule has 30 heavy (non-hydrogen) atoms. The third-order valence-electron chi connectivity index (χ3n) is 5.12. The van der Waals surface area contributed by atoms with Crippen molar-refractivity contribution in [1.82, 2.24) is 0 Å². The summed E-state index contributed by atoms with van der Waals surface area (Å²) in [5.41, 5.74) is -0.0942. The second-order valence-corrected chi connectivity index (χ2v) is 9.46. The Balaban J connectivity index is 1.88. The summed E-state index contributed by atoms with van der Waals surface area (Å²) in [5.74, 6) is -8.33. The highest BCUT2D eigenvalue weighted by molar-refractivity contribution is 7.89. The molecule has 0 saturated carbocycles. The first-order valence-electron chi connectivity index (χ1n) is 9.49. The van der Waals surface area contributed by atoms with Crippen LogP contribution in [0.1, 0.15) is 42.0 Å². The Morgan fingerprint density at radius 2 is 1.60 bits per heavy atom. The SMILES string of the molecule is CCCN1C(=O)CCc2cc(CS(=O)(=O)Cc3c(F)c(F)c(C)c(F)c3F)ccc21. The Morgan fingerprint density at radius 1 is 0.967 bits per heavy atom. The van der Waals surface area contributed by atoms with Gasteiger partial charge in [-0.3, -0.25) is 4.79 Å². The van der Waals surface area contributed by atoms with Gasteiger partial charge in [0.05, 0.1) is 11.5 Å². The molecular weight excluding hydrogens is 422 g/mol. The van der Waals surface area contributed by atoms with Gasteiger partial charge in [-0.1, -0.05) is 19.1 Å². The number of nitrogens with zero attached hydrogens (tertiary/aromatic N) is 1. The predicted octanol–water partition coefficient (Wildman–Crippen LogP) is 4.36. The molecule has 0 unspecified atom stereocenters. The van der Waals surface area contributed by atoms with Crippen molar-refractivity contribution in [2.75, 3.05) is 11.4 Å². The van der Waals surface area contributed by atoms with Crippen molar-refractivity contribution >= 4 is 21.4 Å². The number of amides is 1. The first kappa shape index (κ1) is 22.3. The fraction of sp³-hybridized carbons (Fsp3) is 0.381. The third kappa shape index (κ3) is 4.21. The topological polar surface area (TPSA) is 54.5 Å². The fourth-order valence-electron chi connectivity index (χ4n) is 3.61. The van der Waals surface area contributed by atoms with Crippen molar-refractivity contribution in [1.29, 1.82) is 0 Å². The summed E-state index contributed by atoms with van der Waals surface area (Å²) in [6.45, 7) is 3.36. The minimum atomic E-state index is -4.13. The number of fused-ring (bicyclic) bond motifs is 1. The van der Waals surface area contributed by atoms with Crippen LogP contribution < -0.4 is 4.90 Å². The maximum Gasteiger partial charge on any atom is 0.227 e. The van der Waals surface area contributed by atoms with Crippen LogP contribution in [0.3, 0.4) is 0 Å². The van der Waals surface area contributed by atoms with Crippen molar-refractivity contribution in [2.24, 2.45) is 0 Å². The van der Waals surface area contributed by atoms with Gasteiger partial charge < -0.3 is 4.90 Å². The van der Waals surface area contributed by atoms with Crippen molar-refractivity contribution in [3.05, 3.63) is 63.7 Å². The summed E-state index contributed by atoms with van der Waals surface area (Å²) >= 11 is 0. The summed E-state index contributed by atoms with van der Waals surface area (Å²) in [6, 6.07) is 4.82. The molecule has 1 heterocycles. The highest BCUT2D eigenvalue weighted by atomic mass is 32.2. The molecule has 0 aromatic heterocycles. The van der Waals surface area contributed by atoms with Crippen molar-refractivity contribution in [3.8, 4) is 0 Å².